The third kappa shape index (κ3) is 3.06. The number of hydrogen-bond acceptors (Lipinski definition) is 2. The average Bonchev–Trinajstić information content (AvgIpc) is 2.78. The average molecular weight is 278 g/mol. The van der Waals surface area contributed by atoms with Gasteiger partial charge in [-0.15, -0.1) is 0 Å². The van der Waals surface area contributed by atoms with Crippen LogP contribution in [0.5, 0.6) is 0 Å². The molecule has 0 aromatic rings. The molecule has 0 radical (unpaired) electrons. The van der Waals surface area contributed by atoms with Crippen molar-refractivity contribution < 1.29 is 0 Å². The van der Waals surface area contributed by atoms with Crippen LogP contribution in [0.3, 0.4) is 0 Å². The number of hydrogen-bond donors (Lipinski definition) is 1. The molecule has 3 aliphatic rings. The van der Waals surface area contributed by atoms with Gasteiger partial charge in [-0.25, -0.2) is 0 Å². The molecule has 1 aliphatic heterocycles. The smallest absolute Gasteiger partial charge is 0.0337 e. The van der Waals surface area contributed by atoms with Crippen molar-refractivity contribution >= 4 is 0 Å². The van der Waals surface area contributed by atoms with Crippen LogP contribution in [-0.4, -0.2) is 35.6 Å². The molecule has 1 saturated heterocycles. The second kappa shape index (κ2) is 6.79. The Morgan fingerprint density at radius 2 is 1.60 bits per heavy atom. The van der Waals surface area contributed by atoms with E-state index in [9.17, 15) is 0 Å². The third-order valence-corrected chi connectivity index (χ3v) is 6.29. The van der Waals surface area contributed by atoms with Crippen molar-refractivity contribution in [1.82, 2.24) is 10.2 Å². The Morgan fingerprint density at radius 1 is 0.950 bits per heavy atom. The fraction of sp³-hybridized carbons (Fsp3) is 1.00. The molecule has 20 heavy (non-hydrogen) atoms. The van der Waals surface area contributed by atoms with E-state index in [0.717, 1.165) is 12.1 Å². The minimum Gasteiger partial charge on any atom is -0.311 e. The van der Waals surface area contributed by atoms with E-state index in [1.54, 1.807) is 0 Å². The van der Waals surface area contributed by atoms with Crippen LogP contribution in [0.4, 0.5) is 0 Å². The highest BCUT2D eigenvalue weighted by molar-refractivity contribution is 5.02. The zero-order valence-electron chi connectivity index (χ0n) is 13.5. The Bertz CT molecular complexity index is 288. The summed E-state index contributed by atoms with van der Waals surface area (Å²) in [5.74, 6) is 0. The second-order valence-electron chi connectivity index (χ2n) is 7.57. The van der Waals surface area contributed by atoms with E-state index in [-0.39, 0.29) is 0 Å². The standard InChI is InChI=1S/C18H34N2/c1-2-16-14-20(17-10-6-3-4-7-11-17)18(15-19-16)12-8-5-9-13-18/h16-17,19H,2-15H2,1H3. The molecule has 1 atom stereocenters. The van der Waals surface area contributed by atoms with Crippen LogP contribution in [0, 0.1) is 0 Å². The van der Waals surface area contributed by atoms with Crippen LogP contribution in [0.25, 0.3) is 0 Å². The Labute approximate surface area is 125 Å². The molecule has 3 rings (SSSR count). The van der Waals surface area contributed by atoms with Crippen molar-refractivity contribution in [2.75, 3.05) is 13.1 Å². The Balaban J connectivity index is 1.76. The highest BCUT2D eigenvalue weighted by atomic mass is 15.3. The quantitative estimate of drug-likeness (QED) is 0.765. The van der Waals surface area contributed by atoms with Gasteiger partial charge in [0.05, 0.1) is 0 Å². The molecule has 0 bridgehead atoms. The third-order valence-electron chi connectivity index (χ3n) is 6.29. The highest BCUT2D eigenvalue weighted by Gasteiger charge is 2.44. The van der Waals surface area contributed by atoms with Crippen molar-refractivity contribution in [3.63, 3.8) is 0 Å². The largest absolute Gasteiger partial charge is 0.311 e. The van der Waals surface area contributed by atoms with Crippen molar-refractivity contribution in [1.29, 1.82) is 0 Å². The van der Waals surface area contributed by atoms with Gasteiger partial charge in [-0.3, -0.25) is 4.90 Å². The van der Waals surface area contributed by atoms with E-state index in [4.69, 9.17) is 0 Å². The topological polar surface area (TPSA) is 15.3 Å². The molecule has 1 N–H and O–H groups in total. The lowest BCUT2D eigenvalue weighted by molar-refractivity contribution is -0.0277. The van der Waals surface area contributed by atoms with Gasteiger partial charge in [0.1, 0.15) is 0 Å². The zero-order valence-corrected chi connectivity index (χ0v) is 13.5. The number of piperazine rings is 1. The number of nitrogens with one attached hydrogen (secondary N) is 1. The Morgan fingerprint density at radius 3 is 2.25 bits per heavy atom. The predicted molar refractivity (Wildman–Crippen MR) is 86.1 cm³/mol. The van der Waals surface area contributed by atoms with Crippen molar-refractivity contribution in [3.05, 3.63) is 0 Å². The molecule has 2 aliphatic carbocycles. The Kier molecular flexibility index (Phi) is 5.04. The van der Waals surface area contributed by atoms with Crippen molar-refractivity contribution in [2.45, 2.75) is 102 Å². The van der Waals surface area contributed by atoms with Gasteiger partial charge in [-0.2, -0.15) is 0 Å². The summed E-state index contributed by atoms with van der Waals surface area (Å²) in [6.45, 7) is 4.94. The normalized spacial score (nSPS) is 33.1. The minimum atomic E-state index is 0.527. The molecule has 0 aromatic heterocycles. The fourth-order valence-corrected chi connectivity index (χ4v) is 4.98. The van der Waals surface area contributed by atoms with Crippen LogP contribution >= 0.6 is 0 Å². The van der Waals surface area contributed by atoms with Gasteiger partial charge in [-0.1, -0.05) is 51.9 Å². The van der Waals surface area contributed by atoms with Crippen LogP contribution in [0.15, 0.2) is 0 Å². The molecule has 1 heterocycles. The van der Waals surface area contributed by atoms with Gasteiger partial charge in [0.15, 0.2) is 0 Å². The molecule has 0 amide bonds. The summed E-state index contributed by atoms with van der Waals surface area (Å²) in [4.78, 5) is 3.02. The number of rotatable bonds is 2. The first-order valence-electron chi connectivity index (χ1n) is 9.34. The lowest BCUT2D eigenvalue weighted by Gasteiger charge is -2.55. The zero-order chi connectivity index (χ0) is 13.8. The lowest BCUT2D eigenvalue weighted by atomic mass is 9.76. The van der Waals surface area contributed by atoms with Crippen molar-refractivity contribution in [2.24, 2.45) is 0 Å². The molecular weight excluding hydrogens is 244 g/mol. The van der Waals surface area contributed by atoms with E-state index in [1.807, 2.05) is 0 Å². The summed E-state index contributed by atoms with van der Waals surface area (Å²) >= 11 is 0. The molecule has 116 valence electrons. The van der Waals surface area contributed by atoms with Crippen molar-refractivity contribution in [3.8, 4) is 0 Å². The maximum Gasteiger partial charge on any atom is 0.0337 e. The van der Waals surface area contributed by atoms with Gasteiger partial charge in [0, 0.05) is 30.7 Å². The summed E-state index contributed by atoms with van der Waals surface area (Å²) in [6.07, 6.45) is 17.4. The van der Waals surface area contributed by atoms with E-state index in [1.165, 1.54) is 90.1 Å². The van der Waals surface area contributed by atoms with Crippen LogP contribution in [0.2, 0.25) is 0 Å². The van der Waals surface area contributed by atoms with Crippen LogP contribution in [0.1, 0.15) is 84.0 Å². The second-order valence-corrected chi connectivity index (χ2v) is 7.57. The number of nitrogens with zero attached hydrogens (tertiary/aromatic N) is 1. The fourth-order valence-electron chi connectivity index (χ4n) is 4.98. The summed E-state index contributed by atoms with van der Waals surface area (Å²) in [7, 11) is 0. The molecule has 1 spiro atoms. The van der Waals surface area contributed by atoms with Gasteiger partial charge in [0.25, 0.3) is 0 Å². The van der Waals surface area contributed by atoms with Crippen LogP contribution in [-0.2, 0) is 0 Å². The molecule has 3 fully saturated rings. The van der Waals surface area contributed by atoms with E-state index in [2.05, 4.69) is 17.1 Å². The minimum absolute atomic E-state index is 0.527. The summed E-state index contributed by atoms with van der Waals surface area (Å²) < 4.78 is 0. The molecule has 0 aromatic carbocycles. The first-order chi connectivity index (χ1) is 9.84. The molecule has 1 unspecified atom stereocenters. The van der Waals surface area contributed by atoms with E-state index >= 15 is 0 Å². The first-order valence-corrected chi connectivity index (χ1v) is 9.34. The van der Waals surface area contributed by atoms with Gasteiger partial charge >= 0.3 is 0 Å². The summed E-state index contributed by atoms with van der Waals surface area (Å²) in [5, 5.41) is 3.87. The lowest BCUT2D eigenvalue weighted by Crippen LogP contribution is -2.67. The summed E-state index contributed by atoms with van der Waals surface area (Å²) in [6, 6.07) is 1.64. The first kappa shape index (κ1) is 14.8. The van der Waals surface area contributed by atoms with Gasteiger partial charge in [0.2, 0.25) is 0 Å². The van der Waals surface area contributed by atoms with Gasteiger partial charge < -0.3 is 5.32 Å². The molecule has 2 heteroatoms. The maximum absolute atomic E-state index is 3.87. The maximum atomic E-state index is 3.87. The molecule has 2 nitrogen and oxygen atoms in total. The molecular formula is C18H34N2. The summed E-state index contributed by atoms with van der Waals surface area (Å²) in [5.41, 5.74) is 0.527. The monoisotopic (exact) mass is 278 g/mol. The highest BCUT2D eigenvalue weighted by Crippen LogP contribution is 2.39. The SMILES string of the molecule is CCC1CN(C2CCCCCC2)C2(CCCCC2)CN1. The Hall–Kier alpha value is -0.0800. The van der Waals surface area contributed by atoms with Gasteiger partial charge in [-0.05, 0) is 32.1 Å². The molecule has 2 saturated carbocycles. The van der Waals surface area contributed by atoms with Crippen LogP contribution < -0.4 is 5.32 Å². The predicted octanol–water partition coefficient (Wildman–Crippen LogP) is 4.10. The van der Waals surface area contributed by atoms with E-state index < -0.39 is 0 Å². The van der Waals surface area contributed by atoms with E-state index in [0.29, 0.717) is 5.54 Å².